The van der Waals surface area contributed by atoms with E-state index in [1.165, 1.54) is 24.3 Å². The summed E-state index contributed by atoms with van der Waals surface area (Å²) in [6, 6.07) is 10.4. The Morgan fingerprint density at radius 1 is 0.895 bits per heavy atom. The summed E-state index contributed by atoms with van der Waals surface area (Å²) in [6.45, 7) is 0. The van der Waals surface area contributed by atoms with Crippen molar-refractivity contribution in [1.82, 2.24) is 0 Å². The van der Waals surface area contributed by atoms with Gasteiger partial charge in [-0.2, -0.15) is 0 Å². The molecule has 19 heavy (non-hydrogen) atoms. The Kier molecular flexibility index (Phi) is 4.40. The predicted octanol–water partition coefficient (Wildman–Crippen LogP) is 5.01. The van der Waals surface area contributed by atoms with Gasteiger partial charge in [-0.3, -0.25) is 0 Å². The maximum absolute atomic E-state index is 12.4. The van der Waals surface area contributed by atoms with Crippen molar-refractivity contribution in [3.8, 4) is 0 Å². The van der Waals surface area contributed by atoms with E-state index in [1.54, 1.807) is 18.2 Å². The van der Waals surface area contributed by atoms with E-state index >= 15 is 0 Å². The van der Waals surface area contributed by atoms with Gasteiger partial charge in [-0.25, -0.2) is 8.78 Å². The van der Waals surface area contributed by atoms with Crippen LogP contribution in [0.1, 0.15) is 29.2 Å². The van der Waals surface area contributed by atoms with Gasteiger partial charge in [-0.15, -0.1) is 0 Å². The first-order valence-corrected chi connectivity index (χ1v) is 6.26. The van der Waals surface area contributed by atoms with E-state index in [1.807, 2.05) is 0 Å². The maximum atomic E-state index is 12.4. The second kappa shape index (κ2) is 5.87. The first-order chi connectivity index (χ1) is 9.00. The Bertz CT molecular complexity index is 570. The molecule has 0 aliphatic heterocycles. The highest BCUT2D eigenvalue weighted by molar-refractivity contribution is 6.42. The van der Waals surface area contributed by atoms with Crippen LogP contribution in [-0.2, 0) is 0 Å². The highest BCUT2D eigenvalue weighted by atomic mass is 35.5. The van der Waals surface area contributed by atoms with Gasteiger partial charge in [0, 0.05) is 11.1 Å². The molecule has 0 heterocycles. The zero-order valence-electron chi connectivity index (χ0n) is 9.66. The minimum atomic E-state index is -2.53. The van der Waals surface area contributed by atoms with Crippen molar-refractivity contribution in [2.24, 2.45) is 0 Å². The number of rotatable bonds is 3. The van der Waals surface area contributed by atoms with Gasteiger partial charge in [0.1, 0.15) is 6.10 Å². The molecule has 100 valence electrons. The second-order valence-electron chi connectivity index (χ2n) is 4.01. The molecule has 0 aliphatic rings. The summed E-state index contributed by atoms with van der Waals surface area (Å²) in [5.74, 6) is 0. The lowest BCUT2D eigenvalue weighted by Crippen LogP contribution is -2.01. The molecule has 0 amide bonds. The van der Waals surface area contributed by atoms with Crippen LogP contribution in [0.3, 0.4) is 0 Å². The molecule has 2 aromatic rings. The molecule has 0 fully saturated rings. The van der Waals surface area contributed by atoms with E-state index in [-0.39, 0.29) is 10.6 Å². The third kappa shape index (κ3) is 3.06. The van der Waals surface area contributed by atoms with E-state index in [9.17, 15) is 13.9 Å². The molecule has 0 aromatic heterocycles. The molecule has 0 radical (unpaired) electrons. The molecule has 1 unspecified atom stereocenters. The maximum Gasteiger partial charge on any atom is 0.263 e. The fraction of sp³-hybridized carbons (Fsp3) is 0.143. The molecule has 0 spiro atoms. The molecule has 5 heteroatoms. The SMILES string of the molecule is OC(c1ccc(C(F)F)cc1)c1cccc(Cl)c1Cl. The normalized spacial score (nSPS) is 12.7. The van der Waals surface area contributed by atoms with E-state index in [4.69, 9.17) is 23.2 Å². The summed E-state index contributed by atoms with van der Waals surface area (Å²) in [5, 5.41) is 10.8. The van der Waals surface area contributed by atoms with Gasteiger partial charge in [-0.05, 0) is 11.6 Å². The van der Waals surface area contributed by atoms with Crippen LogP contribution in [0, 0.1) is 0 Å². The van der Waals surface area contributed by atoms with Crippen LogP contribution in [0.4, 0.5) is 8.78 Å². The van der Waals surface area contributed by atoms with Gasteiger partial charge in [0.25, 0.3) is 6.43 Å². The molecule has 0 aliphatic carbocycles. The highest BCUT2D eigenvalue weighted by Crippen LogP contribution is 2.33. The van der Waals surface area contributed by atoms with Crippen LogP contribution in [0.25, 0.3) is 0 Å². The van der Waals surface area contributed by atoms with Crippen molar-refractivity contribution >= 4 is 23.2 Å². The third-order valence-corrected chi connectivity index (χ3v) is 3.61. The molecule has 0 saturated carbocycles. The minimum absolute atomic E-state index is 0.0897. The van der Waals surface area contributed by atoms with Crippen molar-refractivity contribution in [2.45, 2.75) is 12.5 Å². The van der Waals surface area contributed by atoms with Crippen LogP contribution in [-0.4, -0.2) is 5.11 Å². The summed E-state index contributed by atoms with van der Waals surface area (Å²) in [7, 11) is 0. The van der Waals surface area contributed by atoms with Crippen LogP contribution >= 0.6 is 23.2 Å². The summed E-state index contributed by atoms with van der Waals surface area (Å²) in [6.07, 6.45) is -3.53. The van der Waals surface area contributed by atoms with Crippen molar-refractivity contribution in [3.63, 3.8) is 0 Å². The number of benzene rings is 2. The summed E-state index contributed by atoms with van der Waals surface area (Å²) in [5.41, 5.74) is 0.834. The van der Waals surface area contributed by atoms with Gasteiger partial charge in [0.2, 0.25) is 0 Å². The zero-order chi connectivity index (χ0) is 14.0. The van der Waals surface area contributed by atoms with Gasteiger partial charge in [-0.1, -0.05) is 59.6 Å². The fourth-order valence-corrected chi connectivity index (χ4v) is 2.15. The van der Waals surface area contributed by atoms with Gasteiger partial charge in [0.15, 0.2) is 0 Å². The third-order valence-electron chi connectivity index (χ3n) is 2.78. The van der Waals surface area contributed by atoms with Crippen molar-refractivity contribution in [1.29, 1.82) is 0 Å². The Hall–Kier alpha value is -1.16. The first-order valence-electron chi connectivity index (χ1n) is 5.50. The number of aliphatic hydroxyl groups is 1. The predicted molar refractivity (Wildman–Crippen MR) is 71.9 cm³/mol. The molecule has 1 N–H and O–H groups in total. The summed E-state index contributed by atoms with van der Waals surface area (Å²) >= 11 is 11.9. The van der Waals surface area contributed by atoms with E-state index in [0.29, 0.717) is 16.1 Å². The summed E-state index contributed by atoms with van der Waals surface area (Å²) < 4.78 is 24.9. The van der Waals surface area contributed by atoms with Crippen LogP contribution < -0.4 is 0 Å². The Morgan fingerprint density at radius 3 is 2.05 bits per heavy atom. The quantitative estimate of drug-likeness (QED) is 0.844. The van der Waals surface area contributed by atoms with Crippen LogP contribution in [0.15, 0.2) is 42.5 Å². The lowest BCUT2D eigenvalue weighted by Gasteiger charge is -2.14. The smallest absolute Gasteiger partial charge is 0.263 e. The number of hydrogen-bond acceptors (Lipinski definition) is 1. The van der Waals surface area contributed by atoms with E-state index < -0.39 is 12.5 Å². The second-order valence-corrected chi connectivity index (χ2v) is 4.80. The van der Waals surface area contributed by atoms with E-state index in [0.717, 1.165) is 0 Å². The van der Waals surface area contributed by atoms with Crippen LogP contribution in [0.5, 0.6) is 0 Å². The lowest BCUT2D eigenvalue weighted by molar-refractivity contribution is 0.151. The Labute approximate surface area is 119 Å². The van der Waals surface area contributed by atoms with Crippen molar-refractivity contribution in [3.05, 3.63) is 69.2 Å². The van der Waals surface area contributed by atoms with Crippen molar-refractivity contribution in [2.75, 3.05) is 0 Å². The van der Waals surface area contributed by atoms with Gasteiger partial charge in [0.05, 0.1) is 10.0 Å². The molecule has 2 rings (SSSR count). The topological polar surface area (TPSA) is 20.2 Å². The number of halogens is 4. The standard InChI is InChI=1S/C14H10Cl2F2O/c15-11-3-1-2-10(12(11)16)13(19)8-4-6-9(7-5-8)14(17)18/h1-7,13-14,19H. The fourth-order valence-electron chi connectivity index (χ4n) is 1.73. The first kappa shape index (κ1) is 14.3. The molecular weight excluding hydrogens is 293 g/mol. The Morgan fingerprint density at radius 2 is 1.47 bits per heavy atom. The number of hydrogen-bond donors (Lipinski definition) is 1. The lowest BCUT2D eigenvalue weighted by atomic mass is 10.0. The average molecular weight is 303 g/mol. The molecule has 0 saturated heterocycles. The zero-order valence-corrected chi connectivity index (χ0v) is 11.2. The van der Waals surface area contributed by atoms with Gasteiger partial charge < -0.3 is 5.11 Å². The monoisotopic (exact) mass is 302 g/mol. The molecular formula is C14H10Cl2F2O. The van der Waals surface area contributed by atoms with E-state index in [2.05, 4.69) is 0 Å². The molecule has 2 aromatic carbocycles. The minimum Gasteiger partial charge on any atom is -0.384 e. The number of aliphatic hydroxyl groups excluding tert-OH is 1. The van der Waals surface area contributed by atoms with Crippen molar-refractivity contribution < 1.29 is 13.9 Å². The Balaban J connectivity index is 2.33. The summed E-state index contributed by atoms with van der Waals surface area (Å²) in [4.78, 5) is 0. The molecule has 0 bridgehead atoms. The largest absolute Gasteiger partial charge is 0.384 e. The highest BCUT2D eigenvalue weighted by Gasteiger charge is 2.16. The molecule has 1 nitrogen and oxygen atoms in total. The van der Waals surface area contributed by atoms with Gasteiger partial charge >= 0.3 is 0 Å². The average Bonchev–Trinajstić information content (AvgIpc) is 2.41. The molecule has 1 atom stereocenters. The number of alkyl halides is 2. The van der Waals surface area contributed by atoms with Crippen LogP contribution in [0.2, 0.25) is 10.0 Å².